The number of benzene rings is 1. The Balaban J connectivity index is 2.14. The Kier molecular flexibility index (Phi) is 4.53. The highest BCUT2D eigenvalue weighted by molar-refractivity contribution is 7.70. The van der Waals surface area contributed by atoms with Gasteiger partial charge >= 0.3 is 0 Å². The number of rotatable bonds is 4. The minimum atomic E-state index is -2.55. The number of aryl methyl sites for hydroxylation is 1. The maximum absolute atomic E-state index is 12.7. The van der Waals surface area contributed by atoms with Crippen LogP contribution in [0, 0.1) is 0 Å². The predicted molar refractivity (Wildman–Crippen MR) is 104 cm³/mol. The van der Waals surface area contributed by atoms with E-state index in [0.29, 0.717) is 11.0 Å². The fourth-order valence-corrected chi connectivity index (χ4v) is 4.12. The molecule has 0 saturated heterocycles. The highest BCUT2D eigenvalue weighted by Gasteiger charge is 2.18. The molecule has 0 radical (unpaired) electrons. The molecule has 25 heavy (non-hydrogen) atoms. The molecule has 1 amide bonds. The van der Waals surface area contributed by atoms with E-state index in [1.54, 1.807) is 13.3 Å². The molecule has 130 valence electrons. The van der Waals surface area contributed by atoms with Crippen molar-refractivity contribution in [3.63, 3.8) is 0 Å². The minimum Gasteiger partial charge on any atom is -0.346 e. The second kappa shape index (κ2) is 6.49. The molecule has 0 saturated carbocycles. The summed E-state index contributed by atoms with van der Waals surface area (Å²) in [6.07, 6.45) is 4.72. The van der Waals surface area contributed by atoms with Crippen LogP contribution in [0.3, 0.4) is 0 Å². The van der Waals surface area contributed by atoms with E-state index in [2.05, 4.69) is 28.3 Å². The topological polar surface area (TPSA) is 74.8 Å². The van der Waals surface area contributed by atoms with Crippen molar-refractivity contribution in [3.8, 4) is 11.1 Å². The van der Waals surface area contributed by atoms with E-state index in [1.807, 2.05) is 30.6 Å². The zero-order valence-corrected chi connectivity index (χ0v) is 15.8. The summed E-state index contributed by atoms with van der Waals surface area (Å²) in [5.74, 6) is -0.176. The van der Waals surface area contributed by atoms with Crippen LogP contribution in [0.4, 0.5) is 5.69 Å². The lowest BCUT2D eigenvalue weighted by atomic mass is 10.0. The van der Waals surface area contributed by atoms with E-state index in [4.69, 9.17) is 0 Å². The molecule has 2 aromatic heterocycles. The Morgan fingerprint density at radius 3 is 2.64 bits per heavy atom. The van der Waals surface area contributed by atoms with Crippen LogP contribution in [0.1, 0.15) is 19.4 Å². The van der Waals surface area contributed by atoms with Gasteiger partial charge in [-0.25, -0.2) is 4.98 Å². The van der Waals surface area contributed by atoms with Crippen LogP contribution in [0.5, 0.6) is 0 Å². The lowest BCUT2D eigenvalue weighted by molar-refractivity contribution is -0.114. The van der Waals surface area contributed by atoms with Gasteiger partial charge in [-0.2, -0.15) is 0 Å². The van der Waals surface area contributed by atoms with E-state index >= 15 is 0 Å². The van der Waals surface area contributed by atoms with Gasteiger partial charge in [0.25, 0.3) is 0 Å². The van der Waals surface area contributed by atoms with Crippen LogP contribution in [-0.2, 0) is 15.8 Å². The van der Waals surface area contributed by atoms with E-state index in [9.17, 15) is 9.36 Å². The van der Waals surface area contributed by atoms with Gasteiger partial charge in [-0.05, 0) is 49.1 Å². The number of hydrogen-bond donors (Lipinski definition) is 2. The molecule has 3 aromatic rings. The molecular formula is C19H22N3O2P. The van der Waals surface area contributed by atoms with Crippen molar-refractivity contribution in [1.29, 1.82) is 0 Å². The number of nitrogens with one attached hydrogen (secondary N) is 2. The first kappa shape index (κ1) is 17.4. The number of aromatic nitrogens is 2. The summed E-state index contributed by atoms with van der Waals surface area (Å²) < 4.78 is 12.7. The Hall–Kier alpha value is -2.39. The SMILES string of the molecule is CCc1c[nH]c2ncc(-c3ccc(NC(C)=O)c(P(C)(C)=O)c3)cc12. The molecule has 0 aliphatic rings. The van der Waals surface area contributed by atoms with Gasteiger partial charge in [0.2, 0.25) is 5.91 Å². The first-order valence-corrected chi connectivity index (χ1v) is 10.8. The number of H-pyrrole nitrogens is 1. The molecule has 2 N–H and O–H groups in total. The van der Waals surface area contributed by atoms with Gasteiger partial charge in [0.15, 0.2) is 0 Å². The van der Waals surface area contributed by atoms with Gasteiger partial charge in [0.1, 0.15) is 12.8 Å². The van der Waals surface area contributed by atoms with Crippen molar-refractivity contribution >= 4 is 35.1 Å². The van der Waals surface area contributed by atoms with Crippen molar-refractivity contribution < 1.29 is 9.36 Å². The number of carbonyl (C=O) groups is 1. The lowest BCUT2D eigenvalue weighted by Crippen LogP contribution is -2.16. The van der Waals surface area contributed by atoms with Gasteiger partial charge < -0.3 is 14.9 Å². The van der Waals surface area contributed by atoms with E-state index in [-0.39, 0.29) is 5.91 Å². The second-order valence-electron chi connectivity index (χ2n) is 6.55. The Bertz CT molecular complexity index is 1000. The molecule has 3 rings (SSSR count). The summed E-state index contributed by atoms with van der Waals surface area (Å²) in [6.45, 7) is 6.98. The highest BCUT2D eigenvalue weighted by Crippen LogP contribution is 2.39. The molecule has 0 fully saturated rings. The average molecular weight is 355 g/mol. The van der Waals surface area contributed by atoms with Gasteiger partial charge in [0, 0.05) is 35.6 Å². The molecular weight excluding hydrogens is 333 g/mol. The standard InChI is InChI=1S/C19H22N3O2P/c1-5-13-10-20-19-16(13)8-15(11-21-19)14-6-7-17(22-12(2)23)18(9-14)25(3,4)24/h6-11H,5H2,1-4H3,(H,20,21)(H,22,23). The van der Waals surface area contributed by atoms with Crippen molar-refractivity contribution in [2.24, 2.45) is 0 Å². The van der Waals surface area contributed by atoms with Gasteiger partial charge in [-0.3, -0.25) is 4.79 Å². The van der Waals surface area contributed by atoms with Crippen molar-refractivity contribution in [2.75, 3.05) is 18.6 Å². The third-order valence-corrected chi connectivity index (χ3v) is 5.75. The quantitative estimate of drug-likeness (QED) is 0.695. The summed E-state index contributed by atoms with van der Waals surface area (Å²) >= 11 is 0. The fraction of sp³-hybridized carbons (Fsp3) is 0.263. The molecule has 2 heterocycles. The Morgan fingerprint density at radius 1 is 1.24 bits per heavy atom. The number of nitrogens with zero attached hydrogens (tertiary/aromatic N) is 1. The average Bonchev–Trinajstić information content (AvgIpc) is 2.95. The fourth-order valence-electron chi connectivity index (χ4n) is 2.96. The third kappa shape index (κ3) is 3.52. The summed E-state index contributed by atoms with van der Waals surface area (Å²) in [5, 5.41) is 4.54. The molecule has 0 spiro atoms. The predicted octanol–water partition coefficient (Wildman–Crippen LogP) is 4.00. The molecule has 0 atom stereocenters. The van der Waals surface area contributed by atoms with Crippen LogP contribution in [0.2, 0.25) is 0 Å². The first-order chi connectivity index (χ1) is 11.8. The summed E-state index contributed by atoms with van der Waals surface area (Å²) in [7, 11) is -2.55. The minimum absolute atomic E-state index is 0.176. The molecule has 0 bridgehead atoms. The molecule has 0 unspecified atom stereocenters. The number of aromatic amines is 1. The van der Waals surface area contributed by atoms with Crippen LogP contribution in [-0.4, -0.2) is 29.2 Å². The van der Waals surface area contributed by atoms with Gasteiger partial charge in [-0.1, -0.05) is 13.0 Å². The molecule has 5 nitrogen and oxygen atoms in total. The van der Waals surface area contributed by atoms with Crippen LogP contribution >= 0.6 is 7.14 Å². The van der Waals surface area contributed by atoms with Gasteiger partial charge in [0.05, 0.1) is 5.69 Å². The van der Waals surface area contributed by atoms with Crippen molar-refractivity contribution in [3.05, 3.63) is 42.2 Å². The number of fused-ring (bicyclic) bond motifs is 1. The number of hydrogen-bond acceptors (Lipinski definition) is 3. The molecule has 0 aliphatic carbocycles. The monoisotopic (exact) mass is 355 g/mol. The normalized spacial score (nSPS) is 11.7. The largest absolute Gasteiger partial charge is 0.346 e. The summed E-state index contributed by atoms with van der Waals surface area (Å²) in [6, 6.07) is 7.73. The maximum Gasteiger partial charge on any atom is 0.221 e. The van der Waals surface area contributed by atoms with Crippen molar-refractivity contribution in [1.82, 2.24) is 9.97 Å². The first-order valence-electron chi connectivity index (χ1n) is 8.23. The zero-order chi connectivity index (χ0) is 18.2. The Labute approximate surface area is 147 Å². The number of carbonyl (C=O) groups excluding carboxylic acids is 1. The Morgan fingerprint density at radius 2 is 2.00 bits per heavy atom. The lowest BCUT2D eigenvalue weighted by Gasteiger charge is -2.15. The third-order valence-electron chi connectivity index (χ3n) is 4.22. The summed E-state index contributed by atoms with van der Waals surface area (Å²) in [5.41, 5.74) is 4.59. The van der Waals surface area contributed by atoms with Crippen LogP contribution in [0.25, 0.3) is 22.2 Å². The second-order valence-corrected chi connectivity index (χ2v) is 9.74. The van der Waals surface area contributed by atoms with Crippen molar-refractivity contribution in [2.45, 2.75) is 20.3 Å². The van der Waals surface area contributed by atoms with E-state index in [1.165, 1.54) is 12.5 Å². The van der Waals surface area contributed by atoms with E-state index < -0.39 is 7.14 Å². The van der Waals surface area contributed by atoms with E-state index in [0.717, 1.165) is 28.6 Å². The smallest absolute Gasteiger partial charge is 0.221 e. The van der Waals surface area contributed by atoms with Crippen LogP contribution in [0.15, 0.2) is 36.7 Å². The highest BCUT2D eigenvalue weighted by atomic mass is 31.2. The number of anilines is 1. The van der Waals surface area contributed by atoms with Gasteiger partial charge in [-0.15, -0.1) is 0 Å². The molecule has 6 heteroatoms. The summed E-state index contributed by atoms with van der Waals surface area (Å²) in [4.78, 5) is 19.1. The zero-order valence-electron chi connectivity index (χ0n) is 14.9. The number of pyridine rings is 1. The maximum atomic E-state index is 12.7. The van der Waals surface area contributed by atoms with Crippen LogP contribution < -0.4 is 10.6 Å². The molecule has 0 aliphatic heterocycles. The molecule has 1 aromatic carbocycles. The number of amides is 1.